The maximum absolute atomic E-state index is 14.1. The van der Waals surface area contributed by atoms with Crippen molar-refractivity contribution in [1.82, 2.24) is 24.9 Å². The van der Waals surface area contributed by atoms with E-state index in [0.29, 0.717) is 28.5 Å². The van der Waals surface area contributed by atoms with Gasteiger partial charge in [-0.1, -0.05) is 17.4 Å². The van der Waals surface area contributed by atoms with Crippen molar-refractivity contribution in [2.75, 3.05) is 0 Å². The van der Waals surface area contributed by atoms with Gasteiger partial charge in [0.15, 0.2) is 16.4 Å². The molecule has 8 nitrogen and oxygen atoms in total. The Balaban J connectivity index is 1.59. The molecule has 202 valence electrons. The van der Waals surface area contributed by atoms with Crippen molar-refractivity contribution < 1.29 is 23.0 Å². The van der Waals surface area contributed by atoms with Crippen LogP contribution < -0.4 is 10.1 Å². The van der Waals surface area contributed by atoms with Gasteiger partial charge >= 0.3 is 6.09 Å². The highest BCUT2D eigenvalue weighted by Crippen LogP contribution is 2.33. The van der Waals surface area contributed by atoms with E-state index in [2.05, 4.69) is 20.5 Å². The monoisotopic (exact) mass is 543 g/mol. The van der Waals surface area contributed by atoms with Crippen molar-refractivity contribution in [1.29, 1.82) is 0 Å². The van der Waals surface area contributed by atoms with Gasteiger partial charge in [0.25, 0.3) is 0 Å². The molecule has 0 saturated carbocycles. The molecule has 0 aliphatic carbocycles. The Morgan fingerprint density at radius 3 is 2.45 bits per heavy atom. The van der Waals surface area contributed by atoms with Crippen molar-refractivity contribution in [3.8, 4) is 16.5 Å². The van der Waals surface area contributed by atoms with E-state index in [0.717, 1.165) is 16.3 Å². The number of nitrogens with one attached hydrogen (secondary N) is 1. The maximum Gasteiger partial charge on any atom is 0.408 e. The second-order valence-electron chi connectivity index (χ2n) is 10.8. The summed E-state index contributed by atoms with van der Waals surface area (Å²) in [5.74, 6) is -0.937. The minimum atomic E-state index is -0.667. The van der Waals surface area contributed by atoms with Crippen LogP contribution in [0.5, 0.6) is 5.75 Å². The fourth-order valence-corrected chi connectivity index (χ4v) is 5.13. The van der Waals surface area contributed by atoms with Gasteiger partial charge in [-0.25, -0.2) is 18.6 Å². The van der Waals surface area contributed by atoms with Crippen LogP contribution >= 0.6 is 11.3 Å². The number of carbonyl (C=O) groups is 1. The molecule has 0 aliphatic heterocycles. The molecule has 1 N–H and O–H groups in total. The average Bonchev–Trinajstić information content (AvgIpc) is 3.33. The summed E-state index contributed by atoms with van der Waals surface area (Å²) in [6.45, 7) is 12.7. The molecular weight excluding hydrogens is 512 g/mol. The summed E-state index contributed by atoms with van der Waals surface area (Å²) in [5, 5.41) is 13.0. The van der Waals surface area contributed by atoms with E-state index in [9.17, 15) is 13.6 Å². The molecule has 1 aromatic carbocycles. The lowest BCUT2D eigenvalue weighted by Gasteiger charge is -2.27. The van der Waals surface area contributed by atoms with Gasteiger partial charge in [-0.3, -0.25) is 4.40 Å². The van der Waals surface area contributed by atoms with Crippen LogP contribution in [0, 0.1) is 25.5 Å². The third-order valence-corrected chi connectivity index (χ3v) is 6.46. The number of hydrogen-bond acceptors (Lipinski definition) is 7. The number of nitrogens with zero attached hydrogens (tertiary/aromatic N) is 4. The number of fused-ring (bicyclic) bond motifs is 1. The third-order valence-electron chi connectivity index (χ3n) is 5.53. The van der Waals surface area contributed by atoms with Crippen LogP contribution in [0.2, 0.25) is 0 Å². The van der Waals surface area contributed by atoms with Crippen molar-refractivity contribution >= 4 is 23.1 Å². The van der Waals surface area contributed by atoms with E-state index in [1.54, 1.807) is 6.07 Å². The van der Waals surface area contributed by atoms with Crippen LogP contribution in [0.1, 0.15) is 56.4 Å². The number of alkyl carbamates (subject to hydrolysis) is 1. The number of aromatic nitrogens is 4. The quantitative estimate of drug-likeness (QED) is 0.300. The Hall–Kier alpha value is -3.60. The van der Waals surface area contributed by atoms with E-state index in [1.165, 1.54) is 29.5 Å². The van der Waals surface area contributed by atoms with E-state index in [4.69, 9.17) is 9.47 Å². The molecule has 38 heavy (non-hydrogen) atoms. The number of halogens is 2. The van der Waals surface area contributed by atoms with Gasteiger partial charge in [0.2, 0.25) is 0 Å². The van der Waals surface area contributed by atoms with Gasteiger partial charge in [0.1, 0.15) is 34.5 Å². The summed E-state index contributed by atoms with van der Waals surface area (Å²) in [5.41, 5.74) is 1.45. The van der Waals surface area contributed by atoms with Crippen LogP contribution in [-0.2, 0) is 17.8 Å². The summed E-state index contributed by atoms with van der Waals surface area (Å²) >= 11 is 1.40. The molecule has 3 aromatic heterocycles. The maximum atomic E-state index is 14.1. The second kappa shape index (κ2) is 10.3. The topological polar surface area (TPSA) is 90.6 Å². The molecule has 0 fully saturated rings. The lowest BCUT2D eigenvalue weighted by Crippen LogP contribution is -2.47. The van der Waals surface area contributed by atoms with Gasteiger partial charge < -0.3 is 14.8 Å². The highest BCUT2D eigenvalue weighted by atomic mass is 32.1. The Morgan fingerprint density at radius 2 is 1.79 bits per heavy atom. The smallest absolute Gasteiger partial charge is 0.408 e. The number of imidazole rings is 1. The van der Waals surface area contributed by atoms with Crippen molar-refractivity contribution in [3.63, 3.8) is 0 Å². The van der Waals surface area contributed by atoms with Gasteiger partial charge in [-0.15, -0.1) is 10.2 Å². The number of amides is 1. The molecule has 0 bridgehead atoms. The van der Waals surface area contributed by atoms with Crippen molar-refractivity contribution in [3.05, 3.63) is 63.9 Å². The number of rotatable bonds is 7. The summed E-state index contributed by atoms with van der Waals surface area (Å²) in [6.07, 6.45) is 1.85. The first-order chi connectivity index (χ1) is 17.7. The zero-order valence-electron chi connectivity index (χ0n) is 22.5. The van der Waals surface area contributed by atoms with Crippen LogP contribution in [0.4, 0.5) is 13.6 Å². The number of carbonyl (C=O) groups excluding carboxylic acids is 1. The molecule has 0 saturated heterocycles. The molecule has 3 heterocycles. The Morgan fingerprint density at radius 1 is 1.11 bits per heavy atom. The van der Waals surface area contributed by atoms with Crippen LogP contribution in [0.25, 0.3) is 16.3 Å². The fourth-order valence-electron chi connectivity index (χ4n) is 3.96. The fraction of sp³-hybridized carbons (Fsp3) is 0.407. The Labute approximate surface area is 224 Å². The van der Waals surface area contributed by atoms with Crippen molar-refractivity contribution in [2.45, 2.75) is 72.6 Å². The number of benzene rings is 1. The highest BCUT2D eigenvalue weighted by molar-refractivity contribution is 7.14. The first kappa shape index (κ1) is 27.4. The van der Waals surface area contributed by atoms with E-state index < -0.39 is 28.9 Å². The normalized spacial score (nSPS) is 12.1. The minimum absolute atomic E-state index is 0.146. The lowest BCUT2D eigenvalue weighted by atomic mass is 10.0. The molecular formula is C27H31F2N5O3S. The number of ether oxygens (including phenoxy) is 2. The first-order valence-electron chi connectivity index (χ1n) is 12.1. The van der Waals surface area contributed by atoms with E-state index >= 15 is 0 Å². The molecule has 0 aliphatic rings. The Bertz CT molecular complexity index is 1470. The van der Waals surface area contributed by atoms with Crippen molar-refractivity contribution in [2.24, 2.45) is 0 Å². The SMILES string of the molecule is Cc1cc(OCc2c(F)cccc2F)c2nc(C)c(-c3nnc(CC(C)(C)NC(=O)OC(C)(C)C)s3)n2c1. The van der Waals surface area contributed by atoms with Crippen LogP contribution in [-0.4, -0.2) is 36.8 Å². The number of aryl methyl sites for hydroxylation is 2. The summed E-state index contributed by atoms with van der Waals surface area (Å²) in [6, 6.07) is 5.49. The highest BCUT2D eigenvalue weighted by Gasteiger charge is 2.27. The summed E-state index contributed by atoms with van der Waals surface area (Å²) in [7, 11) is 0. The third kappa shape index (κ3) is 6.27. The standard InChI is InChI=1S/C27H31F2N5O3S/c1-15-11-20(36-14-17-18(28)9-8-10-19(17)29)23-30-16(2)22(34(23)13-15)24-33-32-21(38-24)12-27(6,7)31-25(35)37-26(3,4)5/h8-11,13H,12,14H2,1-7H3,(H,31,35). The lowest BCUT2D eigenvalue weighted by molar-refractivity contribution is 0.0472. The van der Waals surface area contributed by atoms with Gasteiger partial charge in [-0.2, -0.15) is 0 Å². The molecule has 0 spiro atoms. The first-order valence-corrected chi connectivity index (χ1v) is 12.9. The largest absolute Gasteiger partial charge is 0.485 e. The molecule has 0 atom stereocenters. The average molecular weight is 544 g/mol. The molecule has 0 radical (unpaired) electrons. The Kier molecular flexibility index (Phi) is 7.42. The number of hydrogen-bond donors (Lipinski definition) is 1. The van der Waals surface area contributed by atoms with Crippen LogP contribution in [0.15, 0.2) is 30.5 Å². The predicted octanol–water partition coefficient (Wildman–Crippen LogP) is 6.17. The minimum Gasteiger partial charge on any atom is -0.485 e. The predicted molar refractivity (Wildman–Crippen MR) is 141 cm³/mol. The second-order valence-corrected chi connectivity index (χ2v) is 11.9. The van der Waals surface area contributed by atoms with E-state index in [-0.39, 0.29) is 12.2 Å². The molecule has 4 aromatic rings. The molecule has 4 rings (SSSR count). The summed E-state index contributed by atoms with van der Waals surface area (Å²) < 4.78 is 41.3. The zero-order chi connectivity index (χ0) is 27.8. The number of pyridine rings is 1. The van der Waals surface area contributed by atoms with Gasteiger partial charge in [-0.05, 0) is 72.2 Å². The zero-order valence-corrected chi connectivity index (χ0v) is 23.3. The molecule has 11 heteroatoms. The van der Waals surface area contributed by atoms with Gasteiger partial charge in [0, 0.05) is 18.2 Å². The molecule has 1 amide bonds. The van der Waals surface area contributed by atoms with Gasteiger partial charge in [0.05, 0.1) is 11.3 Å². The molecule has 0 unspecified atom stereocenters. The van der Waals surface area contributed by atoms with Crippen LogP contribution in [0.3, 0.4) is 0 Å². The van der Waals surface area contributed by atoms with E-state index in [1.807, 2.05) is 59.1 Å². The summed E-state index contributed by atoms with van der Waals surface area (Å²) in [4.78, 5) is 16.9.